The predicted molar refractivity (Wildman–Crippen MR) is 82.7 cm³/mol. The number of ether oxygens (including phenoxy) is 1. The maximum atomic E-state index is 12.7. The molecule has 6 heteroatoms. The second-order valence-corrected chi connectivity index (χ2v) is 7.54. The Balaban J connectivity index is 2.24. The topological polar surface area (TPSA) is 72.6 Å². The van der Waals surface area contributed by atoms with Crippen LogP contribution < -0.4 is 10.5 Å². The van der Waals surface area contributed by atoms with Crippen LogP contribution in [0.15, 0.2) is 29.2 Å². The lowest BCUT2D eigenvalue weighted by atomic mass is 9.85. The van der Waals surface area contributed by atoms with Crippen molar-refractivity contribution in [2.75, 3.05) is 20.7 Å². The summed E-state index contributed by atoms with van der Waals surface area (Å²) in [5.74, 6) is 0.894. The first-order chi connectivity index (χ1) is 10.0. The quantitative estimate of drug-likeness (QED) is 0.900. The smallest absolute Gasteiger partial charge is 0.243 e. The standard InChI is InChI=1S/C15H24N2O3S/c1-17(15-6-4-3-5-12(15)11-16)21(18,19)14-9-7-13(20-2)8-10-14/h7-10,12,15H,3-6,11,16H2,1-2H3. The van der Waals surface area contributed by atoms with Crippen molar-refractivity contribution in [3.05, 3.63) is 24.3 Å². The number of sulfonamides is 1. The summed E-state index contributed by atoms with van der Waals surface area (Å²) >= 11 is 0. The van der Waals surface area contributed by atoms with Crippen LogP contribution in [0, 0.1) is 5.92 Å². The highest BCUT2D eigenvalue weighted by Crippen LogP contribution is 2.30. The Labute approximate surface area is 127 Å². The van der Waals surface area contributed by atoms with E-state index in [9.17, 15) is 8.42 Å². The maximum Gasteiger partial charge on any atom is 0.243 e. The van der Waals surface area contributed by atoms with Crippen LogP contribution in [0.5, 0.6) is 5.75 Å². The van der Waals surface area contributed by atoms with Gasteiger partial charge in [-0.25, -0.2) is 8.42 Å². The predicted octanol–water partition coefficient (Wildman–Crippen LogP) is 1.83. The number of hydrogen-bond donors (Lipinski definition) is 1. The molecule has 0 saturated heterocycles. The van der Waals surface area contributed by atoms with Crippen molar-refractivity contribution in [3.63, 3.8) is 0 Å². The Hall–Kier alpha value is -1.11. The number of nitrogens with two attached hydrogens (primary N) is 1. The molecule has 0 aromatic heterocycles. The molecule has 1 saturated carbocycles. The van der Waals surface area contributed by atoms with E-state index in [-0.39, 0.29) is 12.0 Å². The minimum absolute atomic E-state index is 0.00384. The van der Waals surface area contributed by atoms with Crippen molar-refractivity contribution in [3.8, 4) is 5.75 Å². The number of nitrogens with zero attached hydrogens (tertiary/aromatic N) is 1. The second-order valence-electron chi connectivity index (χ2n) is 5.54. The monoisotopic (exact) mass is 312 g/mol. The van der Waals surface area contributed by atoms with Gasteiger partial charge in [-0.2, -0.15) is 4.31 Å². The molecular formula is C15H24N2O3S. The molecule has 2 atom stereocenters. The second kappa shape index (κ2) is 6.77. The van der Waals surface area contributed by atoms with E-state index in [4.69, 9.17) is 10.5 Å². The van der Waals surface area contributed by atoms with Gasteiger partial charge < -0.3 is 10.5 Å². The van der Waals surface area contributed by atoms with Crippen LogP contribution >= 0.6 is 0 Å². The van der Waals surface area contributed by atoms with Crippen LogP contribution in [0.1, 0.15) is 25.7 Å². The lowest BCUT2D eigenvalue weighted by Crippen LogP contribution is -2.45. The van der Waals surface area contributed by atoms with Crippen molar-refractivity contribution in [2.24, 2.45) is 11.7 Å². The lowest BCUT2D eigenvalue weighted by molar-refractivity contribution is 0.204. The van der Waals surface area contributed by atoms with Crippen LogP contribution in [0.4, 0.5) is 0 Å². The number of rotatable bonds is 5. The van der Waals surface area contributed by atoms with Crippen LogP contribution in [0.3, 0.4) is 0 Å². The van der Waals surface area contributed by atoms with Gasteiger partial charge in [-0.3, -0.25) is 0 Å². The lowest BCUT2D eigenvalue weighted by Gasteiger charge is -2.36. The highest BCUT2D eigenvalue weighted by atomic mass is 32.2. The molecule has 1 aliphatic carbocycles. The number of hydrogen-bond acceptors (Lipinski definition) is 4. The molecule has 1 aromatic rings. The van der Waals surface area contributed by atoms with Crippen molar-refractivity contribution in [1.82, 2.24) is 4.31 Å². The van der Waals surface area contributed by atoms with E-state index in [0.717, 1.165) is 25.7 Å². The molecule has 0 spiro atoms. The molecule has 0 bridgehead atoms. The summed E-state index contributed by atoms with van der Waals surface area (Å²) in [7, 11) is -0.260. The molecule has 0 heterocycles. The molecule has 0 aliphatic heterocycles. The zero-order valence-electron chi connectivity index (χ0n) is 12.7. The Kier molecular flexibility index (Phi) is 5.24. The van der Waals surface area contributed by atoms with Crippen molar-refractivity contribution in [1.29, 1.82) is 0 Å². The van der Waals surface area contributed by atoms with Crippen molar-refractivity contribution >= 4 is 10.0 Å². The van der Waals surface area contributed by atoms with Crippen LogP contribution in [-0.2, 0) is 10.0 Å². The maximum absolute atomic E-state index is 12.7. The van der Waals surface area contributed by atoms with Crippen molar-refractivity contribution < 1.29 is 13.2 Å². The third-order valence-corrected chi connectivity index (χ3v) is 6.27. The summed E-state index contributed by atoms with van der Waals surface area (Å²) in [5, 5.41) is 0. The molecule has 1 aromatic carbocycles. The van der Waals surface area contributed by atoms with Gasteiger partial charge in [-0.1, -0.05) is 12.8 Å². The van der Waals surface area contributed by atoms with Crippen molar-refractivity contribution in [2.45, 2.75) is 36.6 Å². The third-order valence-electron chi connectivity index (χ3n) is 4.38. The van der Waals surface area contributed by atoms with E-state index in [1.54, 1.807) is 38.4 Å². The van der Waals surface area contributed by atoms with Gasteiger partial charge in [0.15, 0.2) is 0 Å². The average Bonchev–Trinajstić information content (AvgIpc) is 2.54. The summed E-state index contributed by atoms with van der Waals surface area (Å²) in [5.41, 5.74) is 5.81. The van der Waals surface area contributed by atoms with Gasteiger partial charge in [-0.05, 0) is 49.6 Å². The van der Waals surface area contributed by atoms with E-state index in [1.807, 2.05) is 0 Å². The third kappa shape index (κ3) is 3.39. The molecule has 1 aliphatic rings. The summed E-state index contributed by atoms with van der Waals surface area (Å²) in [6.45, 7) is 0.535. The number of benzene rings is 1. The molecular weight excluding hydrogens is 288 g/mol. The molecule has 1 fully saturated rings. The normalized spacial score (nSPS) is 23.2. The Bertz CT molecular complexity index is 557. The minimum Gasteiger partial charge on any atom is -0.497 e. The Morgan fingerprint density at radius 1 is 1.24 bits per heavy atom. The van der Waals surface area contributed by atoms with Gasteiger partial charge in [0.25, 0.3) is 0 Å². The molecule has 21 heavy (non-hydrogen) atoms. The van der Waals surface area contributed by atoms with Crippen LogP contribution in [0.25, 0.3) is 0 Å². The largest absolute Gasteiger partial charge is 0.497 e. The highest BCUT2D eigenvalue weighted by molar-refractivity contribution is 7.89. The van der Waals surface area contributed by atoms with E-state index >= 15 is 0 Å². The summed E-state index contributed by atoms with van der Waals surface area (Å²) in [4.78, 5) is 0.298. The molecule has 2 N–H and O–H groups in total. The highest BCUT2D eigenvalue weighted by Gasteiger charge is 2.34. The first-order valence-electron chi connectivity index (χ1n) is 7.33. The fourth-order valence-corrected chi connectivity index (χ4v) is 4.48. The van der Waals surface area contributed by atoms with Gasteiger partial charge in [0.2, 0.25) is 10.0 Å². The Morgan fingerprint density at radius 2 is 1.86 bits per heavy atom. The molecule has 2 rings (SSSR count). The molecule has 0 radical (unpaired) electrons. The van der Waals surface area contributed by atoms with Gasteiger partial charge in [0.1, 0.15) is 5.75 Å². The summed E-state index contributed by atoms with van der Waals surface area (Å²) in [6, 6.07) is 6.51. The zero-order chi connectivity index (χ0) is 15.5. The van der Waals surface area contributed by atoms with Gasteiger partial charge >= 0.3 is 0 Å². The summed E-state index contributed by atoms with van der Waals surface area (Å²) in [6.07, 6.45) is 4.08. The van der Waals surface area contributed by atoms with E-state index in [2.05, 4.69) is 0 Å². The van der Waals surface area contributed by atoms with Crippen LogP contribution in [-0.4, -0.2) is 39.5 Å². The average molecular weight is 312 g/mol. The van der Waals surface area contributed by atoms with Crippen LogP contribution in [0.2, 0.25) is 0 Å². The summed E-state index contributed by atoms with van der Waals surface area (Å²) < 4.78 is 32.0. The van der Waals surface area contributed by atoms with Gasteiger partial charge in [0.05, 0.1) is 12.0 Å². The molecule has 0 amide bonds. The molecule has 118 valence electrons. The van der Waals surface area contributed by atoms with Gasteiger partial charge in [0, 0.05) is 13.1 Å². The first-order valence-corrected chi connectivity index (χ1v) is 8.77. The SMILES string of the molecule is COc1ccc(S(=O)(=O)N(C)C2CCCCC2CN)cc1. The molecule has 2 unspecified atom stereocenters. The first kappa shape index (κ1) is 16.3. The van der Waals surface area contributed by atoms with E-state index in [1.165, 1.54) is 4.31 Å². The molecule has 5 nitrogen and oxygen atoms in total. The van der Waals surface area contributed by atoms with Gasteiger partial charge in [-0.15, -0.1) is 0 Å². The Morgan fingerprint density at radius 3 is 2.43 bits per heavy atom. The minimum atomic E-state index is -3.48. The zero-order valence-corrected chi connectivity index (χ0v) is 13.5. The fourth-order valence-electron chi connectivity index (χ4n) is 3.03. The van der Waals surface area contributed by atoms with E-state index in [0.29, 0.717) is 17.2 Å². The number of methoxy groups -OCH3 is 1. The van der Waals surface area contributed by atoms with E-state index < -0.39 is 10.0 Å². The fraction of sp³-hybridized carbons (Fsp3) is 0.600.